The van der Waals surface area contributed by atoms with Gasteiger partial charge in [0.05, 0.1) is 11.6 Å². The van der Waals surface area contributed by atoms with Gasteiger partial charge in [-0.1, -0.05) is 20.8 Å². The topological polar surface area (TPSA) is 74.7 Å². The van der Waals surface area contributed by atoms with Gasteiger partial charge in [0.15, 0.2) is 0 Å². The first kappa shape index (κ1) is 13.8. The Hall–Kier alpha value is -0.270. The fourth-order valence-corrected chi connectivity index (χ4v) is 5.31. The SMILES string of the molecule is CC(C)(C)CS(=O)(=O)N1CSCC1C(=O)O. The van der Waals surface area contributed by atoms with Gasteiger partial charge >= 0.3 is 5.97 Å². The number of thioether (sulfide) groups is 1. The summed E-state index contributed by atoms with van der Waals surface area (Å²) in [7, 11) is -3.48. The first-order chi connectivity index (χ1) is 7.13. The molecule has 94 valence electrons. The highest BCUT2D eigenvalue weighted by atomic mass is 32.2. The summed E-state index contributed by atoms with van der Waals surface area (Å²) >= 11 is 1.34. The largest absolute Gasteiger partial charge is 0.480 e. The molecule has 0 aromatic heterocycles. The van der Waals surface area contributed by atoms with E-state index < -0.39 is 22.0 Å². The molecule has 1 aliphatic heterocycles. The predicted molar refractivity (Wildman–Crippen MR) is 63.8 cm³/mol. The molecule has 1 heterocycles. The van der Waals surface area contributed by atoms with Gasteiger partial charge in [0.2, 0.25) is 10.0 Å². The average molecular weight is 267 g/mol. The molecule has 0 radical (unpaired) electrons. The normalized spacial score (nSPS) is 23.6. The molecule has 0 aromatic rings. The van der Waals surface area contributed by atoms with Gasteiger partial charge < -0.3 is 5.11 Å². The number of nitrogens with zero attached hydrogens (tertiary/aromatic N) is 1. The zero-order valence-electron chi connectivity index (χ0n) is 9.63. The highest BCUT2D eigenvalue weighted by Crippen LogP contribution is 2.27. The summed E-state index contributed by atoms with van der Waals surface area (Å²) in [5.74, 6) is -0.513. The molecule has 5 nitrogen and oxygen atoms in total. The van der Waals surface area contributed by atoms with Crippen LogP contribution in [0.1, 0.15) is 20.8 Å². The Kier molecular flexibility index (Phi) is 3.91. The molecule has 7 heteroatoms. The fraction of sp³-hybridized carbons (Fsp3) is 0.889. The van der Waals surface area contributed by atoms with Gasteiger partial charge in [-0.2, -0.15) is 4.31 Å². The lowest BCUT2D eigenvalue weighted by Gasteiger charge is -2.25. The van der Waals surface area contributed by atoms with Crippen molar-refractivity contribution in [1.29, 1.82) is 0 Å². The number of aliphatic carboxylic acids is 1. The van der Waals surface area contributed by atoms with Crippen LogP contribution in [0.25, 0.3) is 0 Å². The third-order valence-electron chi connectivity index (χ3n) is 2.10. The third-order valence-corrected chi connectivity index (χ3v) is 5.60. The Morgan fingerprint density at radius 3 is 2.50 bits per heavy atom. The average Bonchev–Trinajstić information content (AvgIpc) is 2.45. The summed E-state index contributed by atoms with van der Waals surface area (Å²) in [5.41, 5.74) is -0.366. The molecule has 0 spiro atoms. The minimum absolute atomic E-state index is 0.0235. The first-order valence-electron chi connectivity index (χ1n) is 4.93. The molecule has 0 bridgehead atoms. The van der Waals surface area contributed by atoms with Crippen LogP contribution in [0.4, 0.5) is 0 Å². The minimum atomic E-state index is -3.48. The summed E-state index contributed by atoms with van der Waals surface area (Å²) < 4.78 is 25.1. The molecule has 1 atom stereocenters. The number of carbonyl (C=O) groups is 1. The number of hydrogen-bond acceptors (Lipinski definition) is 4. The maximum absolute atomic E-state index is 12.0. The molecule has 16 heavy (non-hydrogen) atoms. The number of carboxylic acid groups (broad SMARTS) is 1. The Balaban J connectivity index is 2.87. The predicted octanol–water partition coefficient (Wildman–Crippen LogP) is 0.822. The zero-order chi connectivity index (χ0) is 12.6. The van der Waals surface area contributed by atoms with Crippen LogP contribution in [0.2, 0.25) is 0 Å². The highest BCUT2D eigenvalue weighted by Gasteiger charge is 2.40. The van der Waals surface area contributed by atoms with E-state index in [9.17, 15) is 13.2 Å². The number of carboxylic acids is 1. The van der Waals surface area contributed by atoms with Crippen LogP contribution in [-0.2, 0) is 14.8 Å². The summed E-state index contributed by atoms with van der Waals surface area (Å²) in [5, 5.41) is 8.93. The molecule has 0 saturated carbocycles. The van der Waals surface area contributed by atoms with Crippen LogP contribution in [-0.4, -0.2) is 47.2 Å². The molecule has 1 rings (SSSR count). The van der Waals surface area contributed by atoms with Crippen LogP contribution in [0.3, 0.4) is 0 Å². The number of sulfonamides is 1. The van der Waals surface area contributed by atoms with E-state index in [1.807, 2.05) is 20.8 Å². The van der Waals surface area contributed by atoms with Crippen LogP contribution in [0.15, 0.2) is 0 Å². The second-order valence-electron chi connectivity index (χ2n) is 5.06. The van der Waals surface area contributed by atoms with Crippen molar-refractivity contribution in [1.82, 2.24) is 4.31 Å². The zero-order valence-corrected chi connectivity index (χ0v) is 11.3. The Bertz CT molecular complexity index is 371. The van der Waals surface area contributed by atoms with Crippen molar-refractivity contribution in [2.24, 2.45) is 5.41 Å². The molecule has 1 unspecified atom stereocenters. The molecular weight excluding hydrogens is 250 g/mol. The Morgan fingerprint density at radius 2 is 2.06 bits per heavy atom. The third kappa shape index (κ3) is 3.36. The Labute approximate surface area is 100 Å². The molecule has 1 fully saturated rings. The monoisotopic (exact) mass is 267 g/mol. The summed E-state index contributed by atoms with van der Waals surface area (Å²) in [6.45, 7) is 5.47. The summed E-state index contributed by atoms with van der Waals surface area (Å²) in [6.07, 6.45) is 0. The van der Waals surface area contributed by atoms with Gasteiger partial charge in [-0.15, -0.1) is 11.8 Å². The minimum Gasteiger partial charge on any atom is -0.480 e. The summed E-state index contributed by atoms with van der Waals surface area (Å²) in [4.78, 5) is 10.9. The Morgan fingerprint density at radius 1 is 1.50 bits per heavy atom. The second kappa shape index (κ2) is 4.54. The van der Waals surface area contributed by atoms with E-state index in [-0.39, 0.29) is 17.0 Å². The van der Waals surface area contributed by atoms with Gasteiger partial charge in [0, 0.05) is 5.75 Å². The van der Waals surface area contributed by atoms with Gasteiger partial charge in [-0.25, -0.2) is 8.42 Å². The summed E-state index contributed by atoms with van der Waals surface area (Å²) in [6, 6.07) is -0.905. The van der Waals surface area contributed by atoms with Crippen LogP contribution >= 0.6 is 11.8 Å². The van der Waals surface area contributed by atoms with Crippen LogP contribution in [0.5, 0.6) is 0 Å². The van der Waals surface area contributed by atoms with Gasteiger partial charge in [-0.05, 0) is 5.41 Å². The van der Waals surface area contributed by atoms with Crippen molar-refractivity contribution >= 4 is 27.8 Å². The van der Waals surface area contributed by atoms with Crippen molar-refractivity contribution in [2.75, 3.05) is 17.4 Å². The van der Waals surface area contributed by atoms with E-state index >= 15 is 0 Å². The molecule has 0 aliphatic carbocycles. The van der Waals surface area contributed by atoms with Crippen molar-refractivity contribution in [3.8, 4) is 0 Å². The van der Waals surface area contributed by atoms with Gasteiger partial charge in [-0.3, -0.25) is 4.79 Å². The maximum atomic E-state index is 12.0. The number of rotatable bonds is 3. The molecule has 0 amide bonds. The van der Waals surface area contributed by atoms with Crippen molar-refractivity contribution in [2.45, 2.75) is 26.8 Å². The first-order valence-corrected chi connectivity index (χ1v) is 7.70. The smallest absolute Gasteiger partial charge is 0.322 e. The molecule has 1 saturated heterocycles. The fourth-order valence-electron chi connectivity index (χ4n) is 1.53. The van der Waals surface area contributed by atoms with E-state index in [1.165, 1.54) is 11.8 Å². The van der Waals surface area contributed by atoms with E-state index in [1.54, 1.807) is 0 Å². The van der Waals surface area contributed by atoms with E-state index in [0.717, 1.165) is 4.31 Å². The van der Waals surface area contributed by atoms with Crippen LogP contribution in [0, 0.1) is 5.41 Å². The van der Waals surface area contributed by atoms with Gasteiger partial charge in [0.25, 0.3) is 0 Å². The highest BCUT2D eigenvalue weighted by molar-refractivity contribution is 8.00. The lowest BCUT2D eigenvalue weighted by atomic mass is 10.0. The maximum Gasteiger partial charge on any atom is 0.322 e. The molecule has 1 aliphatic rings. The van der Waals surface area contributed by atoms with Crippen molar-refractivity contribution < 1.29 is 18.3 Å². The quantitative estimate of drug-likeness (QED) is 0.819. The molecular formula is C9H17NO4S2. The molecule has 1 N–H and O–H groups in total. The lowest BCUT2D eigenvalue weighted by Crippen LogP contribution is -2.44. The van der Waals surface area contributed by atoms with Crippen molar-refractivity contribution in [3.63, 3.8) is 0 Å². The van der Waals surface area contributed by atoms with Crippen LogP contribution < -0.4 is 0 Å². The standard InChI is InChI=1S/C9H17NO4S2/c1-9(2,3)5-16(13,14)10-6-15-4-7(10)8(11)12/h7H,4-6H2,1-3H3,(H,11,12). The van der Waals surface area contributed by atoms with E-state index in [2.05, 4.69) is 0 Å². The lowest BCUT2D eigenvalue weighted by molar-refractivity contribution is -0.140. The van der Waals surface area contributed by atoms with E-state index in [4.69, 9.17) is 5.11 Å². The number of hydrogen-bond donors (Lipinski definition) is 1. The second-order valence-corrected chi connectivity index (χ2v) is 7.98. The molecule has 0 aromatic carbocycles. The van der Waals surface area contributed by atoms with E-state index in [0.29, 0.717) is 5.75 Å². The van der Waals surface area contributed by atoms with Crippen molar-refractivity contribution in [3.05, 3.63) is 0 Å². The van der Waals surface area contributed by atoms with Gasteiger partial charge in [0.1, 0.15) is 6.04 Å².